The Kier molecular flexibility index (Phi) is 5.06. The summed E-state index contributed by atoms with van der Waals surface area (Å²) in [6.07, 6.45) is 0.773. The number of hydrogen-bond acceptors (Lipinski definition) is 5. The summed E-state index contributed by atoms with van der Waals surface area (Å²) in [4.78, 5) is 4.49. The number of nitrogens with two attached hydrogens (primary N) is 1. The van der Waals surface area contributed by atoms with Crippen LogP contribution in [0, 0.1) is 5.41 Å². The molecule has 1 aromatic carbocycles. The molecule has 1 saturated carbocycles. The second kappa shape index (κ2) is 6.40. The van der Waals surface area contributed by atoms with E-state index in [1.54, 1.807) is 12.1 Å². The first kappa shape index (κ1) is 18.2. The molecule has 7 heteroatoms. The van der Waals surface area contributed by atoms with Crippen molar-refractivity contribution in [2.24, 2.45) is 11.1 Å². The highest BCUT2D eigenvalue weighted by Crippen LogP contribution is 2.55. The smallest absolute Gasteiger partial charge is 0.247 e. The molecule has 0 radical (unpaired) electrons. The minimum Gasteiger partial charge on any atom is -0.378 e. The summed E-state index contributed by atoms with van der Waals surface area (Å²) >= 11 is 6.00. The molecule has 2 N–H and O–H groups in total. The molecular weight excluding hydrogens is 337 g/mol. The van der Waals surface area contributed by atoms with Gasteiger partial charge >= 0.3 is 0 Å². The molecule has 0 bridgehead atoms. The fourth-order valence-corrected chi connectivity index (χ4v) is 3.14. The molecule has 0 spiro atoms. The molecular formula is C16H21Cl2N3O2. The highest BCUT2D eigenvalue weighted by atomic mass is 35.5. The van der Waals surface area contributed by atoms with Crippen LogP contribution < -0.4 is 5.73 Å². The predicted molar refractivity (Wildman–Crippen MR) is 91.7 cm³/mol. The Hall–Kier alpha value is -1.14. The monoisotopic (exact) mass is 357 g/mol. The van der Waals surface area contributed by atoms with Crippen LogP contribution in [0.3, 0.4) is 0 Å². The maximum atomic E-state index is 6.54. The molecule has 1 fully saturated rings. The van der Waals surface area contributed by atoms with Crippen LogP contribution in [0.25, 0.3) is 11.4 Å². The summed E-state index contributed by atoms with van der Waals surface area (Å²) in [5.74, 6) is 0.946. The van der Waals surface area contributed by atoms with Crippen LogP contribution in [-0.4, -0.2) is 22.9 Å². The van der Waals surface area contributed by atoms with Crippen LogP contribution in [0.4, 0.5) is 0 Å². The van der Waals surface area contributed by atoms with E-state index in [2.05, 4.69) is 24.0 Å². The fourth-order valence-electron chi connectivity index (χ4n) is 2.95. The van der Waals surface area contributed by atoms with E-state index >= 15 is 0 Å². The van der Waals surface area contributed by atoms with E-state index in [4.69, 9.17) is 26.6 Å². The number of aromatic nitrogens is 2. The highest BCUT2D eigenvalue weighted by Gasteiger charge is 2.62. The van der Waals surface area contributed by atoms with Crippen molar-refractivity contribution in [2.75, 3.05) is 6.61 Å². The van der Waals surface area contributed by atoms with Crippen LogP contribution in [-0.2, 0) is 10.3 Å². The Morgan fingerprint density at radius 2 is 2.17 bits per heavy atom. The summed E-state index contributed by atoms with van der Waals surface area (Å²) in [5, 5.41) is 4.68. The highest BCUT2D eigenvalue weighted by molar-refractivity contribution is 6.30. The molecule has 3 rings (SSSR count). The van der Waals surface area contributed by atoms with Gasteiger partial charge in [0, 0.05) is 29.0 Å². The van der Waals surface area contributed by atoms with E-state index in [0.29, 0.717) is 29.8 Å². The van der Waals surface area contributed by atoms with Gasteiger partial charge in [0.2, 0.25) is 11.7 Å². The van der Waals surface area contributed by atoms with Crippen molar-refractivity contribution >= 4 is 24.0 Å². The number of nitrogens with zero attached hydrogens (tertiary/aromatic N) is 2. The molecule has 2 aromatic rings. The Labute approximate surface area is 146 Å². The quantitative estimate of drug-likeness (QED) is 0.900. The third kappa shape index (κ3) is 2.87. The van der Waals surface area contributed by atoms with Gasteiger partial charge in [0.15, 0.2) is 0 Å². The van der Waals surface area contributed by atoms with Crippen molar-refractivity contribution in [3.05, 3.63) is 35.2 Å². The van der Waals surface area contributed by atoms with E-state index in [0.717, 1.165) is 5.56 Å². The first-order valence-corrected chi connectivity index (χ1v) is 7.77. The Balaban J connectivity index is 0.00000192. The largest absolute Gasteiger partial charge is 0.378 e. The third-order valence-corrected chi connectivity index (χ3v) is 4.96. The van der Waals surface area contributed by atoms with Crippen molar-refractivity contribution < 1.29 is 9.26 Å². The lowest BCUT2D eigenvalue weighted by Crippen LogP contribution is -2.67. The molecule has 126 valence electrons. The zero-order chi connectivity index (χ0) is 16.0. The van der Waals surface area contributed by atoms with Gasteiger partial charge < -0.3 is 15.0 Å². The lowest BCUT2D eigenvalue weighted by atomic mass is 9.54. The number of halogens is 2. The van der Waals surface area contributed by atoms with Crippen LogP contribution in [0.2, 0.25) is 5.02 Å². The minimum atomic E-state index is -0.670. The van der Waals surface area contributed by atoms with Crippen molar-refractivity contribution in [1.29, 1.82) is 0 Å². The fraction of sp³-hybridized carbons (Fsp3) is 0.500. The van der Waals surface area contributed by atoms with Crippen molar-refractivity contribution in [2.45, 2.75) is 38.8 Å². The molecule has 1 aliphatic carbocycles. The Bertz CT molecular complexity index is 689. The van der Waals surface area contributed by atoms with Crippen LogP contribution in [0.5, 0.6) is 0 Å². The van der Waals surface area contributed by atoms with Gasteiger partial charge in [-0.2, -0.15) is 4.98 Å². The molecule has 0 saturated heterocycles. The normalized spacial score (nSPS) is 25.5. The Morgan fingerprint density at radius 3 is 2.78 bits per heavy atom. The van der Waals surface area contributed by atoms with Crippen molar-refractivity contribution in [1.82, 2.24) is 10.1 Å². The summed E-state index contributed by atoms with van der Waals surface area (Å²) in [7, 11) is 0. The van der Waals surface area contributed by atoms with Crippen LogP contribution in [0.1, 0.15) is 33.1 Å². The lowest BCUT2D eigenvalue weighted by molar-refractivity contribution is -0.162. The zero-order valence-electron chi connectivity index (χ0n) is 13.4. The maximum Gasteiger partial charge on any atom is 0.247 e. The van der Waals surface area contributed by atoms with Crippen molar-refractivity contribution in [3.8, 4) is 11.4 Å². The van der Waals surface area contributed by atoms with Crippen molar-refractivity contribution in [3.63, 3.8) is 0 Å². The van der Waals surface area contributed by atoms with Crippen LogP contribution >= 0.6 is 24.0 Å². The van der Waals surface area contributed by atoms with E-state index < -0.39 is 5.54 Å². The summed E-state index contributed by atoms with van der Waals surface area (Å²) in [6.45, 7) is 6.79. The van der Waals surface area contributed by atoms with Gasteiger partial charge in [-0.05, 0) is 19.1 Å². The van der Waals surface area contributed by atoms with Crippen LogP contribution in [0.15, 0.2) is 28.8 Å². The average Bonchev–Trinajstić information content (AvgIpc) is 2.97. The van der Waals surface area contributed by atoms with Gasteiger partial charge in [-0.3, -0.25) is 0 Å². The molecule has 0 amide bonds. The lowest BCUT2D eigenvalue weighted by Gasteiger charge is -2.56. The van der Waals surface area contributed by atoms with E-state index in [1.165, 1.54) is 0 Å². The van der Waals surface area contributed by atoms with Gasteiger partial charge in [-0.15, -0.1) is 12.4 Å². The molecule has 23 heavy (non-hydrogen) atoms. The molecule has 1 heterocycles. The topological polar surface area (TPSA) is 74.2 Å². The van der Waals surface area contributed by atoms with E-state index in [1.807, 2.05) is 19.1 Å². The SMILES string of the molecule is CCOC1CC(N)(c2nc(-c3cccc(Cl)c3)no2)C1(C)C.Cl. The van der Waals surface area contributed by atoms with Gasteiger partial charge in [0.05, 0.1) is 6.10 Å². The molecule has 1 aromatic heterocycles. The molecule has 2 atom stereocenters. The second-order valence-corrected chi connectivity index (χ2v) is 6.71. The summed E-state index contributed by atoms with van der Waals surface area (Å²) < 4.78 is 11.2. The molecule has 2 unspecified atom stereocenters. The third-order valence-electron chi connectivity index (χ3n) is 4.72. The number of benzene rings is 1. The van der Waals surface area contributed by atoms with Gasteiger partial charge in [-0.25, -0.2) is 0 Å². The maximum absolute atomic E-state index is 6.54. The first-order chi connectivity index (χ1) is 10.4. The molecule has 1 aliphatic rings. The average molecular weight is 358 g/mol. The number of hydrogen-bond donors (Lipinski definition) is 1. The van der Waals surface area contributed by atoms with Gasteiger partial charge in [-0.1, -0.05) is 42.7 Å². The number of ether oxygens (including phenoxy) is 1. The Morgan fingerprint density at radius 1 is 1.43 bits per heavy atom. The van der Waals surface area contributed by atoms with E-state index in [-0.39, 0.29) is 23.9 Å². The van der Waals surface area contributed by atoms with Gasteiger partial charge in [0.25, 0.3) is 0 Å². The zero-order valence-corrected chi connectivity index (χ0v) is 14.9. The standard InChI is InChI=1S/C16H20ClN3O2.ClH/c1-4-21-12-9-16(18,15(12,2)3)14-19-13(20-22-14)10-6-5-7-11(17)8-10;/h5-8,12H,4,9,18H2,1-3H3;1H. The van der Waals surface area contributed by atoms with E-state index in [9.17, 15) is 0 Å². The first-order valence-electron chi connectivity index (χ1n) is 7.39. The summed E-state index contributed by atoms with van der Waals surface area (Å²) in [5.41, 5.74) is 6.42. The predicted octanol–water partition coefficient (Wildman–Crippen LogP) is 3.80. The summed E-state index contributed by atoms with van der Waals surface area (Å²) in [6, 6.07) is 7.34. The van der Waals surface area contributed by atoms with Gasteiger partial charge in [0.1, 0.15) is 5.54 Å². The molecule has 5 nitrogen and oxygen atoms in total. The molecule has 0 aliphatic heterocycles. The second-order valence-electron chi connectivity index (χ2n) is 6.27. The number of rotatable bonds is 4. The minimum absolute atomic E-state index is 0.